The highest BCUT2D eigenvalue weighted by atomic mass is 19.1. The van der Waals surface area contributed by atoms with Gasteiger partial charge in [0, 0.05) is 13.7 Å². The Morgan fingerprint density at radius 3 is 2.56 bits per heavy atom. The molecule has 2 rings (SSSR count). The smallest absolute Gasteiger partial charge is 0.410 e. The number of nitrogens with zero attached hydrogens (tertiary/aromatic N) is 1. The molecule has 1 saturated heterocycles. The number of amides is 2. The van der Waals surface area contributed by atoms with E-state index >= 15 is 0 Å². The first-order valence-electron chi connectivity index (χ1n) is 8.23. The predicted octanol–water partition coefficient (Wildman–Crippen LogP) is 2.12. The maximum Gasteiger partial charge on any atom is 0.410 e. The van der Waals surface area contributed by atoms with Gasteiger partial charge in [-0.15, -0.1) is 0 Å². The second-order valence-corrected chi connectivity index (χ2v) is 7.10. The van der Waals surface area contributed by atoms with E-state index in [-0.39, 0.29) is 31.0 Å². The van der Waals surface area contributed by atoms with Crippen LogP contribution >= 0.6 is 0 Å². The number of methoxy groups -OCH3 is 1. The average molecular weight is 352 g/mol. The predicted molar refractivity (Wildman–Crippen MR) is 90.6 cm³/mol. The number of carbonyl (C=O) groups excluding carboxylic acids is 2. The molecule has 0 spiro atoms. The Kier molecular flexibility index (Phi) is 6.00. The van der Waals surface area contributed by atoms with E-state index in [1.54, 1.807) is 39.0 Å². The third kappa shape index (κ3) is 5.42. The van der Waals surface area contributed by atoms with E-state index < -0.39 is 17.5 Å². The minimum absolute atomic E-state index is 0.0634. The summed E-state index contributed by atoms with van der Waals surface area (Å²) in [4.78, 5) is 25.9. The Morgan fingerprint density at radius 2 is 1.96 bits per heavy atom. The lowest BCUT2D eigenvalue weighted by molar-refractivity contribution is -0.121. The summed E-state index contributed by atoms with van der Waals surface area (Å²) in [6.45, 7) is 6.00. The number of hydrogen-bond acceptors (Lipinski definition) is 4. The van der Waals surface area contributed by atoms with Crippen LogP contribution in [0.3, 0.4) is 0 Å². The summed E-state index contributed by atoms with van der Waals surface area (Å²) in [7, 11) is 1.53. The van der Waals surface area contributed by atoms with Gasteiger partial charge in [-0.3, -0.25) is 4.79 Å². The van der Waals surface area contributed by atoms with Crippen molar-refractivity contribution in [1.29, 1.82) is 0 Å². The largest absolute Gasteiger partial charge is 0.444 e. The zero-order valence-corrected chi connectivity index (χ0v) is 15.0. The van der Waals surface area contributed by atoms with Gasteiger partial charge < -0.3 is 19.7 Å². The van der Waals surface area contributed by atoms with Gasteiger partial charge in [-0.1, -0.05) is 18.2 Å². The molecular formula is C18H25FN2O4. The fraction of sp³-hybridized carbons (Fsp3) is 0.556. The normalized spacial score (nSPS) is 20.4. The third-order valence-corrected chi connectivity index (χ3v) is 3.88. The van der Waals surface area contributed by atoms with E-state index in [1.165, 1.54) is 18.1 Å². The fourth-order valence-electron chi connectivity index (χ4n) is 2.70. The Labute approximate surface area is 147 Å². The lowest BCUT2D eigenvalue weighted by atomic mass is 10.1. The molecule has 0 bridgehead atoms. The van der Waals surface area contributed by atoms with E-state index in [0.717, 1.165) is 0 Å². The molecule has 1 aliphatic heterocycles. The Morgan fingerprint density at radius 1 is 1.28 bits per heavy atom. The first-order valence-corrected chi connectivity index (χ1v) is 8.23. The number of likely N-dealkylation sites (tertiary alicyclic amines) is 1. The SMILES string of the molecule is CO[C@H]1CN(C(=O)OC(C)(C)C)C[C@@H]1NC(=O)Cc1ccccc1F. The van der Waals surface area contributed by atoms with Crippen LogP contribution in [0.15, 0.2) is 24.3 Å². The van der Waals surface area contributed by atoms with Crippen LogP contribution in [-0.2, 0) is 20.7 Å². The molecule has 1 aliphatic rings. The second kappa shape index (κ2) is 7.82. The van der Waals surface area contributed by atoms with Crippen LogP contribution in [0.4, 0.5) is 9.18 Å². The van der Waals surface area contributed by atoms with Gasteiger partial charge in [-0.2, -0.15) is 0 Å². The van der Waals surface area contributed by atoms with Gasteiger partial charge in [0.15, 0.2) is 0 Å². The topological polar surface area (TPSA) is 67.9 Å². The van der Waals surface area contributed by atoms with Gasteiger partial charge in [0.05, 0.1) is 25.1 Å². The first-order chi connectivity index (χ1) is 11.7. The molecule has 6 nitrogen and oxygen atoms in total. The van der Waals surface area contributed by atoms with E-state index in [1.807, 2.05) is 0 Å². The van der Waals surface area contributed by atoms with Crippen LogP contribution in [0.5, 0.6) is 0 Å². The molecule has 1 fully saturated rings. The van der Waals surface area contributed by atoms with Gasteiger partial charge in [0.2, 0.25) is 5.91 Å². The average Bonchev–Trinajstić information content (AvgIpc) is 2.91. The van der Waals surface area contributed by atoms with Crippen molar-refractivity contribution in [2.24, 2.45) is 0 Å². The number of benzene rings is 1. The van der Waals surface area contributed by atoms with Crippen molar-refractivity contribution < 1.29 is 23.5 Å². The van der Waals surface area contributed by atoms with Crippen molar-refractivity contribution in [2.45, 2.75) is 44.9 Å². The summed E-state index contributed by atoms with van der Waals surface area (Å²) < 4.78 is 24.4. The van der Waals surface area contributed by atoms with Crippen LogP contribution in [0, 0.1) is 5.82 Å². The maximum absolute atomic E-state index is 13.7. The zero-order chi connectivity index (χ0) is 18.6. The number of halogens is 1. The number of ether oxygens (including phenoxy) is 2. The van der Waals surface area contributed by atoms with E-state index in [4.69, 9.17) is 9.47 Å². The summed E-state index contributed by atoms with van der Waals surface area (Å²) in [5.41, 5.74) is -0.262. The van der Waals surface area contributed by atoms with Crippen molar-refractivity contribution in [3.63, 3.8) is 0 Å². The molecule has 7 heteroatoms. The van der Waals surface area contributed by atoms with Gasteiger partial charge >= 0.3 is 6.09 Å². The summed E-state index contributed by atoms with van der Waals surface area (Å²) >= 11 is 0. The molecule has 138 valence electrons. The molecule has 1 N–H and O–H groups in total. The van der Waals surface area contributed by atoms with Gasteiger partial charge in [-0.05, 0) is 32.4 Å². The minimum atomic E-state index is -0.591. The summed E-state index contributed by atoms with van der Waals surface area (Å²) in [6.07, 6.45) is -0.844. The van der Waals surface area contributed by atoms with E-state index in [2.05, 4.69) is 5.32 Å². The fourth-order valence-corrected chi connectivity index (χ4v) is 2.70. The van der Waals surface area contributed by atoms with Crippen molar-refractivity contribution in [1.82, 2.24) is 10.2 Å². The molecule has 0 radical (unpaired) electrons. The van der Waals surface area contributed by atoms with Crippen LogP contribution in [0.25, 0.3) is 0 Å². The third-order valence-electron chi connectivity index (χ3n) is 3.88. The molecule has 1 aromatic rings. The molecule has 25 heavy (non-hydrogen) atoms. The lowest BCUT2D eigenvalue weighted by Crippen LogP contribution is -2.44. The molecule has 1 heterocycles. The molecule has 0 aromatic heterocycles. The molecule has 1 aromatic carbocycles. The number of rotatable bonds is 4. The highest BCUT2D eigenvalue weighted by Crippen LogP contribution is 2.18. The van der Waals surface area contributed by atoms with E-state index in [9.17, 15) is 14.0 Å². The summed E-state index contributed by atoms with van der Waals surface area (Å²) in [5, 5.41) is 2.82. The Balaban J connectivity index is 1.95. The van der Waals surface area contributed by atoms with Crippen molar-refractivity contribution >= 4 is 12.0 Å². The molecule has 2 amide bonds. The highest BCUT2D eigenvalue weighted by molar-refractivity contribution is 5.79. The molecule has 0 saturated carbocycles. The maximum atomic E-state index is 13.7. The second-order valence-electron chi connectivity index (χ2n) is 7.10. The first kappa shape index (κ1) is 19.2. The van der Waals surface area contributed by atoms with Crippen molar-refractivity contribution in [3.8, 4) is 0 Å². The van der Waals surface area contributed by atoms with Gasteiger partial charge in [0.1, 0.15) is 11.4 Å². The zero-order valence-electron chi connectivity index (χ0n) is 15.0. The summed E-state index contributed by atoms with van der Waals surface area (Å²) in [6, 6.07) is 5.79. The molecule has 0 unspecified atom stereocenters. The standard InChI is InChI=1S/C18H25FN2O4/c1-18(2,3)25-17(23)21-10-14(15(11-21)24-4)20-16(22)9-12-7-5-6-8-13(12)19/h5-8,14-15H,9-11H2,1-4H3,(H,20,22)/t14-,15-/m0/s1. The monoisotopic (exact) mass is 352 g/mol. The minimum Gasteiger partial charge on any atom is -0.444 e. The quantitative estimate of drug-likeness (QED) is 0.901. The molecule has 0 aliphatic carbocycles. The Hall–Kier alpha value is -2.15. The summed E-state index contributed by atoms with van der Waals surface area (Å²) in [5.74, 6) is -0.731. The van der Waals surface area contributed by atoms with Crippen molar-refractivity contribution in [3.05, 3.63) is 35.6 Å². The van der Waals surface area contributed by atoms with Crippen LogP contribution in [0.2, 0.25) is 0 Å². The molecule has 2 atom stereocenters. The van der Waals surface area contributed by atoms with Crippen molar-refractivity contribution in [2.75, 3.05) is 20.2 Å². The highest BCUT2D eigenvalue weighted by Gasteiger charge is 2.38. The molecular weight excluding hydrogens is 327 g/mol. The van der Waals surface area contributed by atoms with Crippen LogP contribution in [-0.4, -0.2) is 54.8 Å². The number of hydrogen-bond donors (Lipinski definition) is 1. The van der Waals surface area contributed by atoms with E-state index in [0.29, 0.717) is 12.1 Å². The van der Waals surface area contributed by atoms with Gasteiger partial charge in [0.25, 0.3) is 0 Å². The lowest BCUT2D eigenvalue weighted by Gasteiger charge is -2.24. The van der Waals surface area contributed by atoms with Crippen LogP contribution < -0.4 is 5.32 Å². The van der Waals surface area contributed by atoms with Crippen LogP contribution in [0.1, 0.15) is 26.3 Å². The Bertz CT molecular complexity index is 630. The number of nitrogens with one attached hydrogen (secondary N) is 1. The van der Waals surface area contributed by atoms with Gasteiger partial charge in [-0.25, -0.2) is 9.18 Å². The number of carbonyl (C=O) groups is 2.